The minimum Gasteiger partial charge on any atom is -0.371 e. The molecule has 6 heterocycles. The van der Waals surface area contributed by atoms with Crippen LogP contribution in [0.3, 0.4) is 0 Å². The first kappa shape index (κ1) is 38.7. The SMILES string of the molecule is CN1CC=C(c2nc3c(F)c(-c4cccc(Cl)c4Cl)c(CCC#N)cc3c3c2cc(C2CC(OCc4c(F)cccc4F)CN2C(=O)C2CC2)n3C2C3CNC2C3)CC1. The van der Waals surface area contributed by atoms with Crippen molar-refractivity contribution in [3.63, 3.8) is 0 Å². The molecule has 59 heavy (non-hydrogen) atoms. The number of hydrogen-bond donors (Lipinski definition) is 1. The van der Waals surface area contributed by atoms with Crippen LogP contribution >= 0.6 is 23.2 Å². The molecule has 2 bridgehead atoms. The van der Waals surface area contributed by atoms with E-state index in [1.807, 2.05) is 11.0 Å². The third-order valence-electron chi connectivity index (χ3n) is 13.3. The Morgan fingerprint density at radius 2 is 1.86 bits per heavy atom. The summed E-state index contributed by atoms with van der Waals surface area (Å²) in [7, 11) is 2.07. The normalized spacial score (nSPS) is 24.2. The van der Waals surface area contributed by atoms with Gasteiger partial charge >= 0.3 is 0 Å². The number of aryl methyl sites for hydroxylation is 1. The molecule has 3 aromatic carbocycles. The van der Waals surface area contributed by atoms with Crippen LogP contribution in [0.25, 0.3) is 38.5 Å². The molecular weight excluding hydrogens is 796 g/mol. The monoisotopic (exact) mass is 838 g/mol. The van der Waals surface area contributed by atoms with Crippen molar-refractivity contribution in [1.29, 1.82) is 5.26 Å². The summed E-state index contributed by atoms with van der Waals surface area (Å²) in [5.74, 6) is -1.57. The van der Waals surface area contributed by atoms with Crippen LogP contribution in [-0.2, 0) is 22.6 Å². The van der Waals surface area contributed by atoms with Gasteiger partial charge in [0.1, 0.15) is 17.2 Å². The molecule has 8 nitrogen and oxygen atoms in total. The van der Waals surface area contributed by atoms with Crippen molar-refractivity contribution in [1.82, 2.24) is 24.7 Å². The van der Waals surface area contributed by atoms with Gasteiger partial charge in [0.2, 0.25) is 5.91 Å². The summed E-state index contributed by atoms with van der Waals surface area (Å²) < 4.78 is 55.9. The molecule has 1 N–H and O–H groups in total. The summed E-state index contributed by atoms with van der Waals surface area (Å²) in [4.78, 5) is 23.6. The Morgan fingerprint density at radius 1 is 1.07 bits per heavy atom. The number of fused-ring (bicyclic) bond motifs is 4. The Labute approximate surface area is 350 Å². The first-order chi connectivity index (χ1) is 28.6. The molecule has 6 aliphatic rings. The molecule has 11 rings (SSSR count). The molecule has 3 saturated heterocycles. The highest BCUT2D eigenvalue weighted by molar-refractivity contribution is 6.43. The summed E-state index contributed by atoms with van der Waals surface area (Å²) in [5, 5.41) is 15.5. The van der Waals surface area contributed by atoms with Gasteiger partial charge in [0.25, 0.3) is 0 Å². The number of rotatable bonds is 10. The number of likely N-dealkylation sites (N-methyl/N-ethyl adjacent to an activating group) is 1. The molecule has 1 amide bonds. The average Bonchev–Trinajstić information content (AvgIpc) is 3.50. The lowest BCUT2D eigenvalue weighted by Crippen LogP contribution is -2.41. The quantitative estimate of drug-likeness (QED) is 0.151. The van der Waals surface area contributed by atoms with E-state index < -0.39 is 29.6 Å². The van der Waals surface area contributed by atoms with Crippen LogP contribution in [-0.4, -0.2) is 70.6 Å². The van der Waals surface area contributed by atoms with Gasteiger partial charge in [0.05, 0.1) is 52.1 Å². The number of pyridine rings is 1. The molecule has 0 radical (unpaired) electrons. The number of amides is 1. The molecule has 5 unspecified atom stereocenters. The van der Waals surface area contributed by atoms with Crippen molar-refractivity contribution in [3.05, 3.63) is 105 Å². The van der Waals surface area contributed by atoms with Crippen LogP contribution in [0.1, 0.15) is 73.1 Å². The largest absolute Gasteiger partial charge is 0.371 e. The summed E-state index contributed by atoms with van der Waals surface area (Å²) in [6.07, 6.45) is 5.91. The second kappa shape index (κ2) is 15.2. The second-order valence-corrected chi connectivity index (χ2v) is 17.7. The van der Waals surface area contributed by atoms with E-state index in [1.165, 1.54) is 18.2 Å². The fourth-order valence-electron chi connectivity index (χ4n) is 10.1. The van der Waals surface area contributed by atoms with E-state index in [-0.39, 0.29) is 71.6 Å². The van der Waals surface area contributed by atoms with Crippen molar-refractivity contribution in [3.8, 4) is 17.2 Å². The number of carbonyl (C=O) groups excluding carboxylic acids is 1. The van der Waals surface area contributed by atoms with E-state index in [9.17, 15) is 18.8 Å². The lowest BCUT2D eigenvalue weighted by atomic mass is 9.79. The number of benzene rings is 3. The maximum Gasteiger partial charge on any atom is 0.226 e. The van der Waals surface area contributed by atoms with Crippen LogP contribution in [0.2, 0.25) is 10.0 Å². The van der Waals surface area contributed by atoms with Gasteiger partial charge < -0.3 is 24.4 Å². The van der Waals surface area contributed by atoms with Crippen molar-refractivity contribution in [2.24, 2.45) is 11.8 Å². The van der Waals surface area contributed by atoms with Gasteiger partial charge in [-0.25, -0.2) is 18.2 Å². The van der Waals surface area contributed by atoms with Gasteiger partial charge in [0, 0.05) is 84.1 Å². The number of likely N-dealkylation sites (tertiary alicyclic amines) is 1. The average molecular weight is 840 g/mol. The minimum atomic E-state index is -0.671. The van der Waals surface area contributed by atoms with Crippen LogP contribution in [0.15, 0.2) is 54.6 Å². The highest BCUT2D eigenvalue weighted by Gasteiger charge is 2.51. The zero-order chi connectivity index (χ0) is 40.7. The number of nitrogens with one attached hydrogen (secondary N) is 1. The van der Waals surface area contributed by atoms with Gasteiger partial charge in [-0.05, 0) is 86.5 Å². The van der Waals surface area contributed by atoms with Crippen molar-refractivity contribution in [2.75, 3.05) is 33.2 Å². The molecule has 2 saturated carbocycles. The zero-order valence-electron chi connectivity index (χ0n) is 32.6. The van der Waals surface area contributed by atoms with E-state index in [0.29, 0.717) is 52.5 Å². The zero-order valence-corrected chi connectivity index (χ0v) is 34.1. The molecule has 5 fully saturated rings. The molecule has 13 heteroatoms. The van der Waals surface area contributed by atoms with Gasteiger partial charge in [-0.3, -0.25) is 4.79 Å². The fourth-order valence-corrected chi connectivity index (χ4v) is 10.5. The third-order valence-corrected chi connectivity index (χ3v) is 14.1. The number of hydrogen-bond acceptors (Lipinski definition) is 6. The number of aromatic nitrogens is 2. The van der Waals surface area contributed by atoms with Gasteiger partial charge in [-0.2, -0.15) is 5.26 Å². The molecular formula is C46H43Cl2F3N6O2. The smallest absolute Gasteiger partial charge is 0.226 e. The van der Waals surface area contributed by atoms with Gasteiger partial charge in [-0.15, -0.1) is 0 Å². The lowest BCUT2D eigenvalue weighted by molar-refractivity contribution is -0.134. The Balaban J connectivity index is 1.21. The summed E-state index contributed by atoms with van der Waals surface area (Å²) in [5.41, 5.74) is 4.90. The Kier molecular flexibility index (Phi) is 10.0. The van der Waals surface area contributed by atoms with Crippen molar-refractivity contribution >= 4 is 56.5 Å². The van der Waals surface area contributed by atoms with Gasteiger partial charge in [0.15, 0.2) is 5.82 Å². The highest BCUT2D eigenvalue weighted by Crippen LogP contribution is 2.52. The number of nitriles is 1. The number of ether oxygens (including phenoxy) is 1. The first-order valence-electron chi connectivity index (χ1n) is 20.6. The van der Waals surface area contributed by atoms with E-state index in [2.05, 4.69) is 40.0 Å². The topological polar surface area (TPSA) is 86.4 Å². The maximum atomic E-state index is 17.8. The Hall–Kier alpha value is -4.44. The van der Waals surface area contributed by atoms with E-state index >= 15 is 4.39 Å². The second-order valence-electron chi connectivity index (χ2n) is 16.9. The molecule has 2 aliphatic carbocycles. The predicted molar refractivity (Wildman–Crippen MR) is 222 cm³/mol. The van der Waals surface area contributed by atoms with E-state index in [1.54, 1.807) is 18.2 Å². The van der Waals surface area contributed by atoms with Crippen LogP contribution in [0.4, 0.5) is 13.2 Å². The van der Waals surface area contributed by atoms with E-state index in [0.717, 1.165) is 54.5 Å². The van der Waals surface area contributed by atoms with E-state index in [4.69, 9.17) is 32.9 Å². The standard InChI is InChI=1S/C46H43Cl2F3N6O2/c1-55-15-12-24(13-16-55)42-31-20-38(37-19-28(22-56(37)46(58)25-10-11-25)59-23-32-34(49)8-3-9-35(32)50)57(44-27-18-36(44)53-21-27)45(31)30-17-26(5-4-14-52)39(41(51)43(30)54-42)29-6-2-7-33(47)40(29)48/h2-3,6-9,12,17,20,25,27-28,36-37,44,53H,4-5,10-11,13,15-16,18-19,21-23H2,1H3. The third kappa shape index (κ3) is 6.63. The lowest BCUT2D eigenvalue weighted by Gasteiger charge is -2.39. The number of carbonyl (C=O) groups is 1. The molecule has 4 aliphatic heterocycles. The summed E-state index contributed by atoms with van der Waals surface area (Å²) >= 11 is 13.3. The van der Waals surface area contributed by atoms with Crippen molar-refractivity contribution < 1.29 is 22.7 Å². The highest BCUT2D eigenvalue weighted by atomic mass is 35.5. The molecule has 0 spiro atoms. The van der Waals surface area contributed by atoms with Crippen LogP contribution < -0.4 is 5.32 Å². The first-order valence-corrected chi connectivity index (χ1v) is 21.3. The Bertz CT molecular complexity index is 2590. The van der Waals surface area contributed by atoms with Crippen molar-refractivity contribution in [2.45, 2.75) is 75.8 Å². The molecule has 5 atom stereocenters. The Morgan fingerprint density at radius 3 is 2.56 bits per heavy atom. The van der Waals surface area contributed by atoms with Crippen LogP contribution in [0, 0.1) is 40.6 Å². The molecule has 5 aromatic rings. The molecule has 2 aromatic heterocycles. The minimum absolute atomic E-state index is 0.0328. The number of halogens is 5. The summed E-state index contributed by atoms with van der Waals surface area (Å²) in [6.45, 7) is 2.40. The number of nitrogens with zero attached hydrogens (tertiary/aromatic N) is 5. The predicted octanol–water partition coefficient (Wildman–Crippen LogP) is 9.56. The maximum absolute atomic E-state index is 17.8. The van der Waals surface area contributed by atoms with Crippen LogP contribution in [0.5, 0.6) is 0 Å². The molecule has 304 valence electrons. The summed E-state index contributed by atoms with van der Waals surface area (Å²) in [6, 6.07) is 15.1. The van der Waals surface area contributed by atoms with Gasteiger partial charge in [-0.1, -0.05) is 47.5 Å². The fraction of sp³-hybridized carbons (Fsp3) is 0.413.